The Kier molecular flexibility index (Phi) is 3.92. The molecular weight excluding hydrogens is 258 g/mol. The molecule has 0 aliphatic heterocycles. The smallest absolute Gasteiger partial charge is 0.0875 e. The summed E-state index contributed by atoms with van der Waals surface area (Å²) in [5.41, 5.74) is 9.25. The molecule has 0 heterocycles. The summed E-state index contributed by atoms with van der Waals surface area (Å²) in [5.74, 6) is 0. The molecule has 0 bridgehead atoms. The van der Waals surface area contributed by atoms with Crippen molar-refractivity contribution in [1.29, 1.82) is 0 Å². The van der Waals surface area contributed by atoms with Gasteiger partial charge in [-0.05, 0) is 55.0 Å². The highest BCUT2D eigenvalue weighted by Crippen LogP contribution is 2.16. The first-order chi connectivity index (χ1) is 10.3. The summed E-state index contributed by atoms with van der Waals surface area (Å²) in [6.07, 6.45) is 17.4. The Balaban J connectivity index is 1.71. The molecule has 0 amide bonds. The number of anilines is 1. The summed E-state index contributed by atoms with van der Waals surface area (Å²) in [6.45, 7) is 0. The van der Waals surface area contributed by atoms with Crippen LogP contribution in [0.5, 0.6) is 0 Å². The third kappa shape index (κ3) is 3.66. The third-order valence-corrected chi connectivity index (χ3v) is 3.23. The fraction of sp³-hybridized carbons (Fsp3) is 0.111. The third-order valence-electron chi connectivity index (χ3n) is 3.23. The molecule has 0 spiro atoms. The second-order valence-corrected chi connectivity index (χ2v) is 4.93. The molecule has 2 N–H and O–H groups in total. The van der Waals surface area contributed by atoms with E-state index in [9.17, 15) is 0 Å². The van der Waals surface area contributed by atoms with E-state index in [-0.39, 0.29) is 6.04 Å². The average molecular weight is 275 g/mol. The topological polar surface area (TPSA) is 50.7 Å². The zero-order valence-corrected chi connectivity index (χ0v) is 11.7. The van der Waals surface area contributed by atoms with Crippen molar-refractivity contribution in [3.05, 3.63) is 72.9 Å². The summed E-state index contributed by atoms with van der Waals surface area (Å²) in [5, 5.41) is 0. The molecule has 2 aliphatic rings. The summed E-state index contributed by atoms with van der Waals surface area (Å²) in [4.78, 5) is 9.20. The molecule has 3 heteroatoms. The highest BCUT2D eigenvalue weighted by Gasteiger charge is 2.05. The number of benzene rings is 1. The highest BCUT2D eigenvalue weighted by molar-refractivity contribution is 6.07. The molecule has 0 atom stereocenters. The number of hydrogen-bond acceptors (Lipinski definition) is 3. The van der Waals surface area contributed by atoms with Gasteiger partial charge in [-0.15, -0.1) is 0 Å². The molecule has 0 radical (unpaired) electrons. The van der Waals surface area contributed by atoms with E-state index in [4.69, 9.17) is 5.73 Å². The zero-order valence-electron chi connectivity index (χ0n) is 11.7. The van der Waals surface area contributed by atoms with Crippen molar-refractivity contribution >= 4 is 22.8 Å². The van der Waals surface area contributed by atoms with Crippen molar-refractivity contribution in [3.63, 3.8) is 0 Å². The van der Waals surface area contributed by atoms with E-state index < -0.39 is 0 Å². The number of allylic oxidation sites excluding steroid dienone is 6. The lowest BCUT2D eigenvalue weighted by atomic mass is 10.1. The molecule has 0 saturated heterocycles. The van der Waals surface area contributed by atoms with Crippen LogP contribution in [0.25, 0.3) is 0 Å². The minimum atomic E-state index is 0.0813. The molecule has 21 heavy (non-hydrogen) atoms. The van der Waals surface area contributed by atoms with Gasteiger partial charge in [0.05, 0.1) is 23.2 Å². The van der Waals surface area contributed by atoms with Gasteiger partial charge in [-0.2, -0.15) is 0 Å². The van der Waals surface area contributed by atoms with Crippen molar-refractivity contribution in [3.8, 4) is 0 Å². The Morgan fingerprint density at radius 1 is 0.857 bits per heavy atom. The molecule has 0 unspecified atom stereocenters. The lowest BCUT2D eigenvalue weighted by Crippen LogP contribution is -2.06. The van der Waals surface area contributed by atoms with Crippen LogP contribution in [0.3, 0.4) is 0 Å². The summed E-state index contributed by atoms with van der Waals surface area (Å²) in [7, 11) is 0. The molecule has 3 nitrogen and oxygen atoms in total. The lowest BCUT2D eigenvalue weighted by molar-refractivity contribution is 1.03. The van der Waals surface area contributed by atoms with Crippen LogP contribution in [0.4, 0.5) is 11.4 Å². The van der Waals surface area contributed by atoms with Gasteiger partial charge in [0.1, 0.15) is 0 Å². The Bertz CT molecular complexity index is 656. The molecule has 2 aliphatic carbocycles. The molecule has 1 aromatic rings. The fourth-order valence-corrected chi connectivity index (χ4v) is 2.14. The van der Waals surface area contributed by atoms with Crippen LogP contribution in [0.2, 0.25) is 0 Å². The van der Waals surface area contributed by atoms with Gasteiger partial charge in [0.2, 0.25) is 0 Å². The first-order valence-electron chi connectivity index (χ1n) is 7.01. The Labute approximate surface area is 124 Å². The van der Waals surface area contributed by atoms with Gasteiger partial charge >= 0.3 is 0 Å². The van der Waals surface area contributed by atoms with E-state index >= 15 is 0 Å². The van der Waals surface area contributed by atoms with Crippen LogP contribution in [0.1, 0.15) is 6.42 Å². The summed E-state index contributed by atoms with van der Waals surface area (Å²) >= 11 is 0. The van der Waals surface area contributed by atoms with Crippen LogP contribution in [-0.4, -0.2) is 17.5 Å². The maximum absolute atomic E-state index is 5.66. The number of nitrogen functional groups attached to an aromatic ring is 1. The van der Waals surface area contributed by atoms with Crippen LogP contribution < -0.4 is 5.73 Å². The van der Waals surface area contributed by atoms with Crippen LogP contribution in [0, 0.1) is 0 Å². The Hall–Kier alpha value is -2.68. The van der Waals surface area contributed by atoms with Gasteiger partial charge < -0.3 is 5.73 Å². The molecule has 104 valence electrons. The minimum Gasteiger partial charge on any atom is -0.399 e. The summed E-state index contributed by atoms with van der Waals surface area (Å²) in [6, 6.07) is 7.61. The minimum absolute atomic E-state index is 0.0813. The van der Waals surface area contributed by atoms with E-state index in [2.05, 4.69) is 46.4 Å². The Morgan fingerprint density at radius 3 is 2.19 bits per heavy atom. The second-order valence-electron chi connectivity index (χ2n) is 4.93. The molecule has 0 fully saturated rings. The SMILES string of the molecule is Nc1ccc(N=C2C=CC(N=C3C=CCC=C3)C=C2)cc1. The summed E-state index contributed by atoms with van der Waals surface area (Å²) < 4.78 is 0. The van der Waals surface area contributed by atoms with Crippen molar-refractivity contribution < 1.29 is 0 Å². The number of hydrogen-bond donors (Lipinski definition) is 1. The molecule has 0 aromatic heterocycles. The first kappa shape index (κ1) is 13.3. The van der Waals surface area contributed by atoms with Gasteiger partial charge in [-0.3, -0.25) is 4.99 Å². The number of aliphatic imine (C=N–C) groups is 2. The lowest BCUT2D eigenvalue weighted by Gasteiger charge is -2.09. The molecule has 3 rings (SSSR count). The zero-order chi connectivity index (χ0) is 14.5. The highest BCUT2D eigenvalue weighted by atomic mass is 14.8. The van der Waals surface area contributed by atoms with E-state index in [1.807, 2.05) is 36.4 Å². The normalized spacial score (nSPS) is 19.9. The van der Waals surface area contributed by atoms with Gasteiger partial charge in [0.25, 0.3) is 0 Å². The van der Waals surface area contributed by atoms with E-state index in [1.165, 1.54) is 0 Å². The number of nitrogens with zero attached hydrogens (tertiary/aromatic N) is 2. The Morgan fingerprint density at radius 2 is 1.52 bits per heavy atom. The van der Waals surface area contributed by atoms with Crippen molar-refractivity contribution in [1.82, 2.24) is 0 Å². The van der Waals surface area contributed by atoms with Crippen LogP contribution in [0.15, 0.2) is 82.9 Å². The fourth-order valence-electron chi connectivity index (χ4n) is 2.14. The van der Waals surface area contributed by atoms with Gasteiger partial charge in [-0.1, -0.05) is 24.3 Å². The van der Waals surface area contributed by atoms with Crippen LogP contribution >= 0.6 is 0 Å². The maximum Gasteiger partial charge on any atom is 0.0875 e. The van der Waals surface area contributed by atoms with E-state index in [1.54, 1.807) is 0 Å². The predicted octanol–water partition coefficient (Wildman–Crippen LogP) is 3.79. The van der Waals surface area contributed by atoms with Crippen molar-refractivity contribution in [2.24, 2.45) is 9.98 Å². The molecule has 1 aromatic carbocycles. The number of rotatable bonds is 2. The largest absolute Gasteiger partial charge is 0.399 e. The van der Waals surface area contributed by atoms with Crippen molar-refractivity contribution in [2.75, 3.05) is 5.73 Å². The van der Waals surface area contributed by atoms with Gasteiger partial charge in [-0.25, -0.2) is 4.99 Å². The molecule has 0 saturated carbocycles. The standard InChI is InChI=1S/C18H17N3/c19-14-6-8-16(9-7-14)21-18-12-10-17(11-13-18)20-15-4-2-1-3-5-15/h2-13,17H,1,19H2. The second kappa shape index (κ2) is 6.18. The average Bonchev–Trinajstić information content (AvgIpc) is 2.53. The number of nitrogens with two attached hydrogens (primary N) is 1. The first-order valence-corrected chi connectivity index (χ1v) is 7.01. The predicted molar refractivity (Wildman–Crippen MR) is 90.3 cm³/mol. The van der Waals surface area contributed by atoms with E-state index in [0.29, 0.717) is 0 Å². The van der Waals surface area contributed by atoms with Gasteiger partial charge in [0.15, 0.2) is 0 Å². The maximum atomic E-state index is 5.66. The van der Waals surface area contributed by atoms with Gasteiger partial charge in [0, 0.05) is 5.69 Å². The van der Waals surface area contributed by atoms with Crippen molar-refractivity contribution in [2.45, 2.75) is 12.5 Å². The van der Waals surface area contributed by atoms with Crippen LogP contribution in [-0.2, 0) is 0 Å². The van der Waals surface area contributed by atoms with E-state index in [0.717, 1.165) is 29.2 Å². The quantitative estimate of drug-likeness (QED) is 0.820. The monoisotopic (exact) mass is 275 g/mol. The molecular formula is C18H17N3.